The van der Waals surface area contributed by atoms with Gasteiger partial charge in [-0.15, -0.1) is 15.8 Å². The monoisotopic (exact) mass is 252 g/mol. The van der Waals surface area contributed by atoms with Gasteiger partial charge < -0.3 is 0 Å². The van der Waals surface area contributed by atoms with Crippen molar-refractivity contribution in [3.8, 4) is 0 Å². The maximum atomic E-state index is 3.84. The summed E-state index contributed by atoms with van der Waals surface area (Å²) in [6.45, 7) is 3.84. The van der Waals surface area contributed by atoms with Gasteiger partial charge in [0.1, 0.15) is 0 Å². The van der Waals surface area contributed by atoms with Crippen molar-refractivity contribution in [2.45, 2.75) is 69.9 Å². The summed E-state index contributed by atoms with van der Waals surface area (Å²) in [4.78, 5) is 0. The molecule has 2 fully saturated rings. The SMILES string of the molecule is C=CCCC1CCC(C2CCC(P)CC2)CC1. The maximum Gasteiger partial charge on any atom is -0.0264 e. The fourth-order valence-corrected chi connectivity index (χ4v) is 4.30. The molecule has 0 heterocycles. The third kappa shape index (κ3) is 4.09. The Labute approximate surface area is 110 Å². The zero-order valence-electron chi connectivity index (χ0n) is 11.2. The highest BCUT2D eigenvalue weighted by Gasteiger charge is 2.29. The Morgan fingerprint density at radius 2 is 1.41 bits per heavy atom. The Hall–Kier alpha value is 0.170. The first-order chi connectivity index (χ1) is 8.29. The lowest BCUT2D eigenvalue weighted by Gasteiger charge is -2.37. The molecule has 0 N–H and O–H groups in total. The van der Waals surface area contributed by atoms with Crippen molar-refractivity contribution >= 4 is 9.24 Å². The van der Waals surface area contributed by atoms with E-state index >= 15 is 0 Å². The summed E-state index contributed by atoms with van der Waals surface area (Å²) >= 11 is 0. The average molecular weight is 252 g/mol. The number of hydrogen-bond acceptors (Lipinski definition) is 0. The molecule has 98 valence electrons. The van der Waals surface area contributed by atoms with E-state index in [2.05, 4.69) is 21.9 Å². The van der Waals surface area contributed by atoms with Crippen LogP contribution in [-0.2, 0) is 0 Å². The van der Waals surface area contributed by atoms with Crippen LogP contribution in [0.4, 0.5) is 0 Å². The molecule has 1 atom stereocenters. The van der Waals surface area contributed by atoms with Gasteiger partial charge in [-0.05, 0) is 74.8 Å². The molecule has 0 bridgehead atoms. The number of allylic oxidation sites excluding steroid dienone is 1. The molecule has 2 aliphatic carbocycles. The minimum Gasteiger partial charge on any atom is -0.134 e. The van der Waals surface area contributed by atoms with Gasteiger partial charge in [-0.1, -0.05) is 18.9 Å². The second-order valence-corrected chi connectivity index (χ2v) is 7.26. The average Bonchev–Trinajstić information content (AvgIpc) is 2.38. The van der Waals surface area contributed by atoms with Gasteiger partial charge in [0.2, 0.25) is 0 Å². The minimum atomic E-state index is 0.926. The zero-order chi connectivity index (χ0) is 12.1. The number of hydrogen-bond donors (Lipinski definition) is 0. The zero-order valence-corrected chi connectivity index (χ0v) is 12.4. The molecular weight excluding hydrogens is 223 g/mol. The van der Waals surface area contributed by atoms with Crippen molar-refractivity contribution < 1.29 is 0 Å². The Morgan fingerprint density at radius 3 is 1.94 bits per heavy atom. The molecule has 0 spiro atoms. The molecule has 0 radical (unpaired) electrons. The van der Waals surface area contributed by atoms with E-state index in [9.17, 15) is 0 Å². The van der Waals surface area contributed by atoms with E-state index in [0.29, 0.717) is 0 Å². The van der Waals surface area contributed by atoms with Crippen molar-refractivity contribution in [1.29, 1.82) is 0 Å². The summed E-state index contributed by atoms with van der Waals surface area (Å²) in [6.07, 6.45) is 16.7. The molecule has 0 amide bonds. The lowest BCUT2D eigenvalue weighted by molar-refractivity contribution is 0.165. The van der Waals surface area contributed by atoms with Gasteiger partial charge in [-0.3, -0.25) is 0 Å². The molecule has 17 heavy (non-hydrogen) atoms. The molecule has 1 heteroatoms. The van der Waals surface area contributed by atoms with E-state index in [0.717, 1.165) is 23.4 Å². The molecule has 0 saturated heterocycles. The Kier molecular flexibility index (Phi) is 5.54. The molecule has 2 aliphatic rings. The topological polar surface area (TPSA) is 0 Å². The molecule has 1 unspecified atom stereocenters. The second-order valence-electron chi connectivity index (χ2n) is 6.32. The normalized spacial score (nSPS) is 38.9. The molecule has 2 saturated carbocycles. The van der Waals surface area contributed by atoms with Gasteiger partial charge in [0.25, 0.3) is 0 Å². The first-order valence-corrected chi connectivity index (χ1v) is 8.32. The molecular formula is C16H29P. The van der Waals surface area contributed by atoms with Crippen molar-refractivity contribution in [2.75, 3.05) is 0 Å². The van der Waals surface area contributed by atoms with E-state index in [4.69, 9.17) is 0 Å². The minimum absolute atomic E-state index is 0.926. The van der Waals surface area contributed by atoms with Crippen molar-refractivity contribution in [3.05, 3.63) is 12.7 Å². The van der Waals surface area contributed by atoms with Crippen LogP contribution in [0.2, 0.25) is 0 Å². The Balaban J connectivity index is 1.69. The van der Waals surface area contributed by atoms with Crippen LogP contribution in [0.15, 0.2) is 12.7 Å². The van der Waals surface area contributed by atoms with Crippen LogP contribution in [0.1, 0.15) is 64.2 Å². The lowest BCUT2D eigenvalue weighted by Crippen LogP contribution is -2.25. The molecule has 0 aromatic rings. The summed E-state index contributed by atoms with van der Waals surface area (Å²) in [5, 5.41) is 0. The van der Waals surface area contributed by atoms with E-state index in [-0.39, 0.29) is 0 Å². The van der Waals surface area contributed by atoms with Crippen LogP contribution in [-0.4, -0.2) is 5.66 Å². The summed E-state index contributed by atoms with van der Waals surface area (Å²) in [5.41, 5.74) is 0.926. The van der Waals surface area contributed by atoms with Crippen molar-refractivity contribution in [3.63, 3.8) is 0 Å². The van der Waals surface area contributed by atoms with E-state index in [1.165, 1.54) is 64.2 Å². The van der Waals surface area contributed by atoms with Crippen LogP contribution in [0.5, 0.6) is 0 Å². The third-order valence-electron chi connectivity index (χ3n) is 5.15. The highest BCUT2D eigenvalue weighted by molar-refractivity contribution is 7.17. The summed E-state index contributed by atoms with van der Waals surface area (Å²) in [5.74, 6) is 3.17. The lowest BCUT2D eigenvalue weighted by atomic mass is 9.70. The van der Waals surface area contributed by atoms with E-state index in [1.807, 2.05) is 0 Å². The standard InChI is InChI=1S/C16H29P/c1-2-3-4-13-5-7-14(8-6-13)15-9-11-16(17)12-10-15/h2,13-16H,1,3-12,17H2. The van der Waals surface area contributed by atoms with Crippen LogP contribution in [0.3, 0.4) is 0 Å². The van der Waals surface area contributed by atoms with Crippen LogP contribution in [0, 0.1) is 17.8 Å². The second kappa shape index (κ2) is 6.93. The number of rotatable bonds is 4. The van der Waals surface area contributed by atoms with Crippen molar-refractivity contribution in [2.24, 2.45) is 17.8 Å². The molecule has 0 aliphatic heterocycles. The highest BCUT2D eigenvalue weighted by Crippen LogP contribution is 2.42. The summed E-state index contributed by atoms with van der Waals surface area (Å²) < 4.78 is 0. The van der Waals surface area contributed by atoms with Gasteiger partial charge >= 0.3 is 0 Å². The first-order valence-electron chi connectivity index (χ1n) is 7.66. The van der Waals surface area contributed by atoms with Gasteiger partial charge in [0.15, 0.2) is 0 Å². The van der Waals surface area contributed by atoms with Crippen LogP contribution < -0.4 is 0 Å². The molecule has 0 nitrogen and oxygen atoms in total. The maximum absolute atomic E-state index is 3.84. The Bertz CT molecular complexity index is 220. The third-order valence-corrected chi connectivity index (χ3v) is 5.82. The molecule has 0 aromatic heterocycles. The van der Waals surface area contributed by atoms with Gasteiger partial charge in [-0.2, -0.15) is 0 Å². The predicted octanol–water partition coefficient (Wildman–Crippen LogP) is 5.19. The van der Waals surface area contributed by atoms with E-state index < -0.39 is 0 Å². The van der Waals surface area contributed by atoms with E-state index in [1.54, 1.807) is 0 Å². The van der Waals surface area contributed by atoms with Gasteiger partial charge in [-0.25, -0.2) is 0 Å². The largest absolute Gasteiger partial charge is 0.134 e. The van der Waals surface area contributed by atoms with Crippen LogP contribution in [0.25, 0.3) is 0 Å². The fourth-order valence-electron chi connectivity index (χ4n) is 3.92. The first kappa shape index (κ1) is 13.6. The van der Waals surface area contributed by atoms with Crippen LogP contribution >= 0.6 is 9.24 Å². The summed E-state index contributed by atoms with van der Waals surface area (Å²) in [7, 11) is 3.03. The quantitative estimate of drug-likeness (QED) is 0.477. The Morgan fingerprint density at radius 1 is 0.882 bits per heavy atom. The van der Waals surface area contributed by atoms with Gasteiger partial charge in [0, 0.05) is 0 Å². The fraction of sp³-hybridized carbons (Fsp3) is 0.875. The highest BCUT2D eigenvalue weighted by atomic mass is 31.0. The molecule has 0 aromatic carbocycles. The van der Waals surface area contributed by atoms with Gasteiger partial charge in [0.05, 0.1) is 0 Å². The predicted molar refractivity (Wildman–Crippen MR) is 80.3 cm³/mol. The smallest absolute Gasteiger partial charge is 0.0264 e. The summed E-state index contributed by atoms with van der Waals surface area (Å²) in [6, 6.07) is 0. The van der Waals surface area contributed by atoms with Crippen molar-refractivity contribution in [1.82, 2.24) is 0 Å². The molecule has 2 rings (SSSR count).